The second-order valence-corrected chi connectivity index (χ2v) is 5.39. The molecule has 0 saturated carbocycles. The molecule has 0 fully saturated rings. The Labute approximate surface area is 102 Å². The molecule has 0 radical (unpaired) electrons. The number of carbonyl (C=O) groups excluding carboxylic acids is 1. The molecule has 0 heterocycles. The minimum absolute atomic E-state index is 0.0140. The molecular formula is C9H18N2O5S. The van der Waals surface area contributed by atoms with Gasteiger partial charge in [0.05, 0.1) is 6.54 Å². The zero-order chi connectivity index (χ0) is 13.4. The Morgan fingerprint density at radius 1 is 1.35 bits per heavy atom. The van der Waals surface area contributed by atoms with Gasteiger partial charge in [0.1, 0.15) is 0 Å². The highest BCUT2D eigenvalue weighted by Gasteiger charge is 2.14. The summed E-state index contributed by atoms with van der Waals surface area (Å²) >= 11 is 0. The van der Waals surface area contributed by atoms with Gasteiger partial charge in [-0.3, -0.25) is 4.21 Å². The third kappa shape index (κ3) is 7.70. The van der Waals surface area contributed by atoms with Crippen molar-refractivity contribution in [2.45, 2.75) is 24.7 Å². The van der Waals surface area contributed by atoms with Crippen LogP contribution in [-0.4, -0.2) is 57.1 Å². The largest absolute Gasteiger partial charge is 0.479 e. The first-order valence-corrected chi connectivity index (χ1v) is 6.71. The maximum absolute atomic E-state index is 11.1. The first-order chi connectivity index (χ1) is 7.84. The van der Waals surface area contributed by atoms with E-state index in [4.69, 9.17) is 10.2 Å². The van der Waals surface area contributed by atoms with Crippen molar-refractivity contribution in [1.82, 2.24) is 10.6 Å². The van der Waals surface area contributed by atoms with Crippen LogP contribution in [0.3, 0.4) is 0 Å². The molecule has 17 heavy (non-hydrogen) atoms. The fraction of sp³-hybridized carbons (Fsp3) is 0.778. The van der Waals surface area contributed by atoms with E-state index >= 15 is 0 Å². The molecule has 0 saturated heterocycles. The summed E-state index contributed by atoms with van der Waals surface area (Å²) in [5, 5.41) is 21.9. The van der Waals surface area contributed by atoms with Crippen LogP contribution in [0.5, 0.6) is 0 Å². The number of nitrogens with one attached hydrogen (secondary N) is 2. The van der Waals surface area contributed by atoms with Crippen molar-refractivity contribution in [3.8, 4) is 0 Å². The molecule has 3 atom stereocenters. The van der Waals surface area contributed by atoms with E-state index in [1.807, 2.05) is 6.92 Å². The standard InChI is InChI=1S/C9H18N2O5S/c1-6(17(2)16)3-4-10-9(15)11-5-7(12)8(13)14/h6-7,12H,3-5H2,1-2H3,(H,13,14)(H2,10,11,15). The fourth-order valence-electron chi connectivity index (χ4n) is 0.894. The Morgan fingerprint density at radius 2 is 1.94 bits per heavy atom. The Hall–Kier alpha value is -1.15. The molecule has 0 aromatic carbocycles. The summed E-state index contributed by atoms with van der Waals surface area (Å²) in [6, 6.07) is -0.556. The van der Waals surface area contributed by atoms with Crippen LogP contribution < -0.4 is 10.6 Å². The lowest BCUT2D eigenvalue weighted by molar-refractivity contribution is -0.146. The lowest BCUT2D eigenvalue weighted by Gasteiger charge is -2.11. The number of aliphatic carboxylic acids is 1. The van der Waals surface area contributed by atoms with Gasteiger partial charge in [-0.05, 0) is 6.42 Å². The summed E-state index contributed by atoms with van der Waals surface area (Å²) in [6.45, 7) is 1.80. The van der Waals surface area contributed by atoms with E-state index in [9.17, 15) is 13.8 Å². The number of carboxylic acid groups (broad SMARTS) is 1. The topological polar surface area (TPSA) is 116 Å². The molecule has 0 spiro atoms. The van der Waals surface area contributed by atoms with Crippen molar-refractivity contribution in [2.75, 3.05) is 19.3 Å². The summed E-state index contributed by atoms with van der Waals surface area (Å²) in [7, 11) is -0.932. The first kappa shape index (κ1) is 15.9. The van der Waals surface area contributed by atoms with Crippen LogP contribution in [0.1, 0.15) is 13.3 Å². The zero-order valence-electron chi connectivity index (χ0n) is 9.80. The van der Waals surface area contributed by atoms with Gasteiger partial charge >= 0.3 is 12.0 Å². The van der Waals surface area contributed by atoms with Crippen molar-refractivity contribution in [1.29, 1.82) is 0 Å². The summed E-state index contributed by atoms with van der Waals surface area (Å²) in [5.74, 6) is -1.39. The van der Waals surface area contributed by atoms with Crippen LogP contribution >= 0.6 is 0 Å². The number of hydrogen-bond donors (Lipinski definition) is 4. The van der Waals surface area contributed by atoms with Crippen molar-refractivity contribution in [3.05, 3.63) is 0 Å². The van der Waals surface area contributed by atoms with Crippen LogP contribution in [0.25, 0.3) is 0 Å². The van der Waals surface area contributed by atoms with Gasteiger partial charge in [0.2, 0.25) is 0 Å². The van der Waals surface area contributed by atoms with Gasteiger partial charge in [-0.15, -0.1) is 0 Å². The van der Waals surface area contributed by atoms with E-state index in [1.165, 1.54) is 0 Å². The molecule has 0 aliphatic heterocycles. The van der Waals surface area contributed by atoms with E-state index in [2.05, 4.69) is 10.6 Å². The summed E-state index contributed by atoms with van der Waals surface area (Å²) in [5.41, 5.74) is 0. The maximum Gasteiger partial charge on any atom is 0.334 e. The van der Waals surface area contributed by atoms with Gasteiger partial charge in [0.25, 0.3) is 0 Å². The van der Waals surface area contributed by atoms with Crippen LogP contribution in [-0.2, 0) is 15.6 Å². The van der Waals surface area contributed by atoms with Crippen LogP contribution in [0, 0.1) is 0 Å². The van der Waals surface area contributed by atoms with Gasteiger partial charge in [0.15, 0.2) is 6.10 Å². The third-order valence-electron chi connectivity index (χ3n) is 2.14. The molecule has 0 rings (SSSR count). The number of carbonyl (C=O) groups is 2. The second-order valence-electron chi connectivity index (χ2n) is 3.59. The van der Waals surface area contributed by atoms with Gasteiger partial charge < -0.3 is 20.8 Å². The SMILES string of the molecule is CC(CCNC(=O)NCC(O)C(=O)O)S(C)=O. The van der Waals surface area contributed by atoms with E-state index in [-0.39, 0.29) is 11.8 Å². The predicted octanol–water partition coefficient (Wildman–Crippen LogP) is -1.11. The van der Waals surface area contributed by atoms with Gasteiger partial charge in [0, 0.05) is 28.9 Å². The number of urea groups is 1. The van der Waals surface area contributed by atoms with E-state index in [1.54, 1.807) is 6.26 Å². The van der Waals surface area contributed by atoms with Crippen molar-refractivity contribution < 1.29 is 24.0 Å². The molecule has 0 aliphatic rings. The highest BCUT2D eigenvalue weighted by Crippen LogP contribution is 1.96. The molecule has 3 unspecified atom stereocenters. The van der Waals surface area contributed by atoms with Gasteiger partial charge in [-0.2, -0.15) is 0 Å². The average molecular weight is 266 g/mol. The number of rotatable bonds is 7. The second kappa shape index (κ2) is 8.02. The Kier molecular flexibility index (Phi) is 7.47. The number of amides is 2. The van der Waals surface area contributed by atoms with E-state index in [0.717, 1.165) is 0 Å². The van der Waals surface area contributed by atoms with Crippen molar-refractivity contribution >= 4 is 22.8 Å². The first-order valence-electron chi connectivity index (χ1n) is 5.09. The summed E-state index contributed by atoms with van der Waals surface area (Å²) < 4.78 is 11.0. The quantitative estimate of drug-likeness (QED) is 0.466. The molecular weight excluding hydrogens is 248 g/mol. The molecule has 7 nitrogen and oxygen atoms in total. The smallest absolute Gasteiger partial charge is 0.334 e. The number of aliphatic hydroxyl groups is 1. The summed E-state index contributed by atoms with van der Waals surface area (Å²) in [6.07, 6.45) is 0.550. The number of carboxylic acids is 1. The van der Waals surface area contributed by atoms with Crippen LogP contribution in [0.15, 0.2) is 0 Å². The molecule has 0 bridgehead atoms. The minimum atomic E-state index is -1.61. The lowest BCUT2D eigenvalue weighted by atomic mass is 10.3. The van der Waals surface area contributed by atoms with Crippen molar-refractivity contribution in [2.24, 2.45) is 0 Å². The monoisotopic (exact) mass is 266 g/mol. The normalized spacial score (nSPS) is 15.7. The predicted molar refractivity (Wildman–Crippen MR) is 63.2 cm³/mol. The minimum Gasteiger partial charge on any atom is -0.479 e. The Bertz CT molecular complexity index is 297. The fourth-order valence-corrected chi connectivity index (χ4v) is 1.34. The zero-order valence-corrected chi connectivity index (χ0v) is 10.6. The Balaban J connectivity index is 3.67. The van der Waals surface area contributed by atoms with E-state index < -0.39 is 28.9 Å². The van der Waals surface area contributed by atoms with Crippen LogP contribution in [0.4, 0.5) is 4.79 Å². The highest BCUT2D eigenvalue weighted by atomic mass is 32.2. The molecule has 100 valence electrons. The Morgan fingerprint density at radius 3 is 2.41 bits per heavy atom. The highest BCUT2D eigenvalue weighted by molar-refractivity contribution is 7.84. The molecule has 4 N–H and O–H groups in total. The summed E-state index contributed by atoms with van der Waals surface area (Å²) in [4.78, 5) is 21.4. The maximum atomic E-state index is 11.1. The molecule has 0 aromatic heterocycles. The lowest BCUT2D eigenvalue weighted by Crippen LogP contribution is -2.42. The van der Waals surface area contributed by atoms with Crippen LogP contribution in [0.2, 0.25) is 0 Å². The molecule has 8 heteroatoms. The molecule has 2 amide bonds. The average Bonchev–Trinajstić information content (AvgIpc) is 2.25. The van der Waals surface area contributed by atoms with Crippen molar-refractivity contribution in [3.63, 3.8) is 0 Å². The molecule has 0 aromatic rings. The van der Waals surface area contributed by atoms with E-state index in [0.29, 0.717) is 13.0 Å². The van der Waals surface area contributed by atoms with Gasteiger partial charge in [-0.1, -0.05) is 6.92 Å². The molecule has 0 aliphatic carbocycles. The third-order valence-corrected chi connectivity index (χ3v) is 3.51. The number of aliphatic hydroxyl groups excluding tert-OH is 1. The van der Waals surface area contributed by atoms with Gasteiger partial charge in [-0.25, -0.2) is 9.59 Å². The number of hydrogen-bond acceptors (Lipinski definition) is 4.